The Hall–Kier alpha value is -0.990. The quantitative estimate of drug-likeness (QED) is 0.872. The van der Waals surface area contributed by atoms with Crippen LogP contribution in [0.1, 0.15) is 56.8 Å². The summed E-state index contributed by atoms with van der Waals surface area (Å²) < 4.78 is 33.6. The molecule has 134 valence electrons. The number of rotatable bonds is 5. The number of H-pyrrole nitrogens is 1. The molecule has 1 N–H and O–H groups in total. The average Bonchev–Trinajstić information content (AvgIpc) is 3.25. The maximum Gasteiger partial charge on any atom is 0.215 e. The van der Waals surface area contributed by atoms with Crippen molar-refractivity contribution < 1.29 is 13.2 Å². The predicted octanol–water partition coefficient (Wildman–Crippen LogP) is 1.87. The van der Waals surface area contributed by atoms with Crippen molar-refractivity contribution in [3.63, 3.8) is 0 Å². The van der Waals surface area contributed by atoms with Crippen molar-refractivity contribution in [1.82, 2.24) is 19.5 Å². The van der Waals surface area contributed by atoms with Crippen LogP contribution in [0.4, 0.5) is 0 Å². The van der Waals surface area contributed by atoms with Crippen molar-refractivity contribution >= 4 is 10.0 Å². The third-order valence-electron chi connectivity index (χ3n) is 6.39. The largest absolute Gasteiger partial charge is 0.380 e. The number of nitrogens with zero attached hydrogens (tertiary/aromatic N) is 3. The molecule has 5 rings (SSSR count). The second-order valence-corrected chi connectivity index (χ2v) is 9.71. The Morgan fingerprint density at radius 1 is 1.33 bits per heavy atom. The molecule has 0 amide bonds. The molecular formula is C16H26N4O3S. The lowest BCUT2D eigenvalue weighted by Crippen LogP contribution is -2.44. The fraction of sp³-hybridized carbons (Fsp3) is 0.875. The summed E-state index contributed by atoms with van der Waals surface area (Å²) in [7, 11) is -1.72. The van der Waals surface area contributed by atoms with Gasteiger partial charge in [0.25, 0.3) is 0 Å². The van der Waals surface area contributed by atoms with Gasteiger partial charge in [-0.3, -0.25) is 5.10 Å². The normalized spacial score (nSPS) is 37.1. The molecule has 2 atom stereocenters. The van der Waals surface area contributed by atoms with Crippen LogP contribution in [-0.2, 0) is 14.8 Å². The van der Waals surface area contributed by atoms with E-state index in [4.69, 9.17) is 4.74 Å². The summed E-state index contributed by atoms with van der Waals surface area (Å²) >= 11 is 0. The molecule has 24 heavy (non-hydrogen) atoms. The molecule has 2 bridgehead atoms. The molecule has 0 unspecified atom stereocenters. The van der Waals surface area contributed by atoms with Gasteiger partial charge in [-0.15, -0.1) is 0 Å². The maximum absolute atomic E-state index is 13.3. The second kappa shape index (κ2) is 6.07. The molecule has 1 aliphatic heterocycles. The van der Waals surface area contributed by atoms with Crippen LogP contribution < -0.4 is 0 Å². The van der Waals surface area contributed by atoms with Gasteiger partial charge in [0.05, 0.1) is 17.9 Å². The highest BCUT2D eigenvalue weighted by molar-refractivity contribution is 7.89. The van der Waals surface area contributed by atoms with Crippen molar-refractivity contribution in [2.45, 2.75) is 57.1 Å². The summed E-state index contributed by atoms with van der Waals surface area (Å²) in [5, 5.41) is 6.73. The first-order valence-corrected chi connectivity index (χ1v) is 10.5. The minimum absolute atomic E-state index is 0.00922. The Morgan fingerprint density at radius 2 is 2.04 bits per heavy atom. The van der Waals surface area contributed by atoms with Crippen LogP contribution in [0.5, 0.6) is 0 Å². The van der Waals surface area contributed by atoms with E-state index < -0.39 is 10.0 Å². The molecule has 0 radical (unpaired) electrons. The van der Waals surface area contributed by atoms with Gasteiger partial charge in [-0.05, 0) is 56.3 Å². The third kappa shape index (κ3) is 2.88. The van der Waals surface area contributed by atoms with E-state index in [9.17, 15) is 8.42 Å². The van der Waals surface area contributed by atoms with E-state index in [0.717, 1.165) is 25.2 Å². The maximum atomic E-state index is 13.3. The van der Waals surface area contributed by atoms with Gasteiger partial charge in [-0.2, -0.15) is 9.40 Å². The number of aromatic nitrogens is 3. The van der Waals surface area contributed by atoms with Gasteiger partial charge in [0.1, 0.15) is 12.2 Å². The Morgan fingerprint density at radius 3 is 2.62 bits per heavy atom. The number of sulfonamides is 1. The molecule has 8 heteroatoms. The molecule has 0 spiro atoms. The van der Waals surface area contributed by atoms with Crippen LogP contribution in [0.15, 0.2) is 6.33 Å². The minimum atomic E-state index is -3.36. The standard InChI is InChI=1S/C16H26N4O3S/c1-23-13-8-14(15-17-11-18-19-15)20(9-13)24(21,22)10-16-5-2-12(3-6-16)4-7-16/h11-14H,2-10H2,1H3,(H,17,18,19)/t12?,13-,14+,16?/m1/s1. The monoisotopic (exact) mass is 354 g/mol. The Bertz CT molecular complexity index is 654. The first-order valence-electron chi connectivity index (χ1n) is 8.89. The van der Waals surface area contributed by atoms with Crippen molar-refractivity contribution in [3.05, 3.63) is 12.2 Å². The molecule has 1 saturated heterocycles. The summed E-state index contributed by atoms with van der Waals surface area (Å²) in [4.78, 5) is 4.19. The fourth-order valence-corrected chi connectivity index (χ4v) is 7.24. The molecule has 3 saturated carbocycles. The van der Waals surface area contributed by atoms with E-state index in [1.807, 2.05) is 0 Å². The highest BCUT2D eigenvalue weighted by Crippen LogP contribution is 2.51. The van der Waals surface area contributed by atoms with Crippen LogP contribution >= 0.6 is 0 Å². The van der Waals surface area contributed by atoms with Crippen molar-refractivity contribution in [3.8, 4) is 0 Å². The zero-order valence-corrected chi connectivity index (χ0v) is 15.0. The topological polar surface area (TPSA) is 88.2 Å². The fourth-order valence-electron chi connectivity index (χ4n) is 4.90. The second-order valence-electron chi connectivity index (χ2n) is 7.79. The molecule has 4 fully saturated rings. The van der Waals surface area contributed by atoms with Crippen molar-refractivity contribution in [2.24, 2.45) is 11.3 Å². The number of methoxy groups -OCH3 is 1. The van der Waals surface area contributed by atoms with Gasteiger partial charge in [-0.25, -0.2) is 13.4 Å². The number of hydrogen-bond acceptors (Lipinski definition) is 5. The third-order valence-corrected chi connectivity index (χ3v) is 8.49. The molecule has 3 aliphatic carbocycles. The van der Waals surface area contributed by atoms with E-state index in [-0.39, 0.29) is 23.3 Å². The van der Waals surface area contributed by atoms with Gasteiger partial charge in [0.15, 0.2) is 0 Å². The molecule has 2 heterocycles. The SMILES string of the molecule is CO[C@@H]1C[C@@H](c2ncn[nH]2)N(S(=O)(=O)CC23CCC(CC2)CC3)C1. The zero-order chi connectivity index (χ0) is 16.8. The summed E-state index contributed by atoms with van der Waals surface area (Å²) in [5.74, 6) is 1.72. The summed E-state index contributed by atoms with van der Waals surface area (Å²) in [6, 6.07) is -0.293. The summed E-state index contributed by atoms with van der Waals surface area (Å²) in [6.07, 6.45) is 8.74. The van der Waals surface area contributed by atoms with E-state index in [2.05, 4.69) is 15.2 Å². The number of aromatic amines is 1. The van der Waals surface area contributed by atoms with E-state index in [1.165, 1.54) is 25.6 Å². The number of hydrogen-bond donors (Lipinski definition) is 1. The zero-order valence-electron chi connectivity index (χ0n) is 14.1. The summed E-state index contributed by atoms with van der Waals surface area (Å²) in [6.45, 7) is 0.406. The molecule has 4 aliphatic rings. The Labute approximate surface area is 143 Å². The Balaban J connectivity index is 1.57. The van der Waals surface area contributed by atoms with Crippen LogP contribution in [0.25, 0.3) is 0 Å². The van der Waals surface area contributed by atoms with Gasteiger partial charge in [-0.1, -0.05) is 0 Å². The minimum Gasteiger partial charge on any atom is -0.380 e. The smallest absolute Gasteiger partial charge is 0.215 e. The molecular weight excluding hydrogens is 328 g/mol. The molecule has 1 aromatic rings. The van der Waals surface area contributed by atoms with Crippen LogP contribution in [-0.4, -0.2) is 53.4 Å². The van der Waals surface area contributed by atoms with E-state index in [1.54, 1.807) is 11.4 Å². The number of nitrogens with one attached hydrogen (secondary N) is 1. The number of fused-ring (bicyclic) bond motifs is 3. The molecule has 0 aromatic carbocycles. The van der Waals surface area contributed by atoms with Crippen LogP contribution in [0, 0.1) is 11.3 Å². The predicted molar refractivity (Wildman–Crippen MR) is 88.7 cm³/mol. The first kappa shape index (κ1) is 16.5. The summed E-state index contributed by atoms with van der Waals surface area (Å²) in [5.41, 5.74) is -0.00922. The van der Waals surface area contributed by atoms with Crippen LogP contribution in [0.2, 0.25) is 0 Å². The highest BCUT2D eigenvalue weighted by Gasteiger charge is 2.48. The van der Waals surface area contributed by atoms with Gasteiger partial charge in [0, 0.05) is 13.7 Å². The lowest BCUT2D eigenvalue weighted by Gasteiger charge is -2.46. The highest BCUT2D eigenvalue weighted by atomic mass is 32.2. The van der Waals surface area contributed by atoms with Crippen molar-refractivity contribution in [1.29, 1.82) is 0 Å². The molecule has 7 nitrogen and oxygen atoms in total. The Kier molecular flexibility index (Phi) is 4.17. The van der Waals surface area contributed by atoms with Gasteiger partial charge < -0.3 is 4.74 Å². The average molecular weight is 354 g/mol. The van der Waals surface area contributed by atoms with E-state index >= 15 is 0 Å². The molecule has 1 aromatic heterocycles. The van der Waals surface area contributed by atoms with Gasteiger partial charge in [0.2, 0.25) is 10.0 Å². The lowest BCUT2D eigenvalue weighted by molar-refractivity contribution is 0.0843. The van der Waals surface area contributed by atoms with E-state index in [0.29, 0.717) is 18.8 Å². The lowest BCUT2D eigenvalue weighted by atomic mass is 9.62. The van der Waals surface area contributed by atoms with Crippen LogP contribution in [0.3, 0.4) is 0 Å². The number of ether oxygens (including phenoxy) is 1. The first-order chi connectivity index (χ1) is 11.5. The van der Waals surface area contributed by atoms with Crippen molar-refractivity contribution in [2.75, 3.05) is 19.4 Å². The van der Waals surface area contributed by atoms with Gasteiger partial charge >= 0.3 is 0 Å².